The van der Waals surface area contributed by atoms with Gasteiger partial charge in [0.1, 0.15) is 0 Å². The minimum atomic E-state index is -4.10. The molecule has 20 heavy (non-hydrogen) atoms. The third-order valence-corrected chi connectivity index (χ3v) is 3.66. The highest BCUT2D eigenvalue weighted by molar-refractivity contribution is 5.04. The van der Waals surface area contributed by atoms with E-state index in [0.717, 1.165) is 5.69 Å². The van der Waals surface area contributed by atoms with Crippen molar-refractivity contribution in [2.24, 2.45) is 5.73 Å². The number of nitrogens with two attached hydrogens (primary N) is 1. The Hall–Kier alpha value is -1.14. The van der Waals surface area contributed by atoms with Gasteiger partial charge in [0, 0.05) is 31.2 Å². The van der Waals surface area contributed by atoms with Gasteiger partial charge in [0.05, 0.1) is 5.69 Å². The van der Waals surface area contributed by atoms with E-state index in [1.54, 1.807) is 6.20 Å². The molecule has 6 heteroatoms. The van der Waals surface area contributed by atoms with Crippen LogP contribution in [-0.4, -0.2) is 35.2 Å². The van der Waals surface area contributed by atoms with Crippen molar-refractivity contribution >= 4 is 0 Å². The molecule has 114 valence electrons. The highest BCUT2D eigenvalue weighted by Crippen LogP contribution is 2.27. The van der Waals surface area contributed by atoms with E-state index < -0.39 is 18.1 Å². The second kappa shape index (κ2) is 7.04. The number of alkyl halides is 3. The second-order valence-corrected chi connectivity index (χ2v) is 5.35. The topological polar surface area (TPSA) is 42.2 Å². The average Bonchev–Trinajstić information content (AvgIpc) is 2.38. The Balaban J connectivity index is 2.58. The van der Waals surface area contributed by atoms with Gasteiger partial charge in [0.15, 0.2) is 0 Å². The number of rotatable bonds is 7. The van der Waals surface area contributed by atoms with Crippen LogP contribution in [0.1, 0.15) is 31.9 Å². The van der Waals surface area contributed by atoms with Crippen LogP contribution in [0, 0.1) is 0 Å². The molecule has 0 spiro atoms. The Kier molecular flexibility index (Phi) is 5.95. The van der Waals surface area contributed by atoms with Crippen molar-refractivity contribution in [2.75, 3.05) is 13.6 Å². The van der Waals surface area contributed by atoms with Crippen molar-refractivity contribution in [3.05, 3.63) is 30.1 Å². The standard InChI is InChI=1S/C14H22F3N3/c1-13(11-18,7-5-8-14(15,16)17)20(2)10-12-6-3-4-9-19-12/h3-4,6,9H,5,7-8,10-11,18H2,1-2H3. The maximum absolute atomic E-state index is 12.2. The van der Waals surface area contributed by atoms with Crippen molar-refractivity contribution in [1.29, 1.82) is 0 Å². The molecule has 1 aromatic rings. The molecule has 1 unspecified atom stereocenters. The third kappa shape index (κ3) is 5.46. The molecule has 0 saturated heterocycles. The van der Waals surface area contributed by atoms with E-state index in [0.29, 0.717) is 19.5 Å². The summed E-state index contributed by atoms with van der Waals surface area (Å²) in [6.07, 6.45) is -2.67. The van der Waals surface area contributed by atoms with Crippen molar-refractivity contribution in [1.82, 2.24) is 9.88 Å². The zero-order valence-corrected chi connectivity index (χ0v) is 12.0. The van der Waals surface area contributed by atoms with E-state index >= 15 is 0 Å². The normalized spacial score (nSPS) is 15.3. The maximum atomic E-state index is 12.2. The van der Waals surface area contributed by atoms with Crippen molar-refractivity contribution in [2.45, 2.75) is 44.4 Å². The molecule has 0 aliphatic heterocycles. The van der Waals surface area contributed by atoms with Crippen LogP contribution in [0.2, 0.25) is 0 Å². The highest BCUT2D eigenvalue weighted by Gasteiger charge is 2.31. The van der Waals surface area contributed by atoms with E-state index in [4.69, 9.17) is 5.73 Å². The largest absolute Gasteiger partial charge is 0.389 e. The summed E-state index contributed by atoms with van der Waals surface area (Å²) < 4.78 is 36.7. The number of nitrogens with zero attached hydrogens (tertiary/aromatic N) is 2. The second-order valence-electron chi connectivity index (χ2n) is 5.35. The summed E-state index contributed by atoms with van der Waals surface area (Å²) in [6, 6.07) is 5.61. The molecule has 0 fully saturated rings. The summed E-state index contributed by atoms with van der Waals surface area (Å²) in [7, 11) is 1.87. The molecule has 0 aromatic carbocycles. The summed E-state index contributed by atoms with van der Waals surface area (Å²) in [5.41, 5.74) is 6.19. The third-order valence-electron chi connectivity index (χ3n) is 3.66. The minimum absolute atomic E-state index is 0.0871. The predicted octanol–water partition coefficient (Wildman–Crippen LogP) is 2.96. The lowest BCUT2D eigenvalue weighted by molar-refractivity contribution is -0.136. The van der Waals surface area contributed by atoms with E-state index in [1.807, 2.05) is 37.1 Å². The number of likely N-dealkylation sites (N-methyl/N-ethyl adjacent to an activating group) is 1. The van der Waals surface area contributed by atoms with Crippen LogP contribution in [0.25, 0.3) is 0 Å². The summed E-state index contributed by atoms with van der Waals surface area (Å²) in [5.74, 6) is 0. The molecular formula is C14H22F3N3. The molecule has 1 heterocycles. The van der Waals surface area contributed by atoms with Crippen LogP contribution in [0.5, 0.6) is 0 Å². The van der Waals surface area contributed by atoms with Gasteiger partial charge >= 0.3 is 6.18 Å². The fraction of sp³-hybridized carbons (Fsp3) is 0.643. The first-order valence-electron chi connectivity index (χ1n) is 6.65. The minimum Gasteiger partial charge on any atom is -0.329 e. The lowest BCUT2D eigenvalue weighted by Gasteiger charge is -2.38. The SMILES string of the molecule is CN(Cc1ccccn1)C(C)(CN)CCCC(F)(F)F. The lowest BCUT2D eigenvalue weighted by Crippen LogP contribution is -2.49. The van der Waals surface area contributed by atoms with Crippen LogP contribution in [-0.2, 0) is 6.54 Å². The Labute approximate surface area is 118 Å². The van der Waals surface area contributed by atoms with Crippen LogP contribution in [0.4, 0.5) is 13.2 Å². The lowest BCUT2D eigenvalue weighted by atomic mass is 9.92. The van der Waals surface area contributed by atoms with Crippen molar-refractivity contribution < 1.29 is 13.2 Å². The number of pyridine rings is 1. The summed E-state index contributed by atoms with van der Waals surface area (Å²) in [6.45, 7) is 2.78. The molecule has 1 aromatic heterocycles. The van der Waals surface area contributed by atoms with Gasteiger partial charge < -0.3 is 5.73 Å². The molecule has 1 atom stereocenters. The van der Waals surface area contributed by atoms with E-state index in [-0.39, 0.29) is 6.42 Å². The molecule has 0 aliphatic carbocycles. The molecule has 0 aliphatic rings. The fourth-order valence-electron chi connectivity index (χ4n) is 2.04. The van der Waals surface area contributed by atoms with E-state index in [1.165, 1.54) is 0 Å². The Morgan fingerprint density at radius 1 is 1.25 bits per heavy atom. The molecule has 1 rings (SSSR count). The van der Waals surface area contributed by atoms with Gasteiger partial charge in [-0.05, 0) is 38.9 Å². The summed E-state index contributed by atoms with van der Waals surface area (Å²) in [4.78, 5) is 6.20. The summed E-state index contributed by atoms with van der Waals surface area (Å²) in [5, 5.41) is 0. The Morgan fingerprint density at radius 2 is 1.95 bits per heavy atom. The maximum Gasteiger partial charge on any atom is 0.389 e. The number of hydrogen-bond donors (Lipinski definition) is 1. The number of aromatic nitrogens is 1. The first-order chi connectivity index (χ1) is 9.27. The number of hydrogen-bond acceptors (Lipinski definition) is 3. The van der Waals surface area contributed by atoms with Gasteiger partial charge in [-0.1, -0.05) is 6.07 Å². The molecule has 0 radical (unpaired) electrons. The monoisotopic (exact) mass is 289 g/mol. The molecular weight excluding hydrogens is 267 g/mol. The average molecular weight is 289 g/mol. The van der Waals surface area contributed by atoms with Crippen LogP contribution in [0.3, 0.4) is 0 Å². The molecule has 0 saturated carbocycles. The smallest absolute Gasteiger partial charge is 0.329 e. The molecule has 0 amide bonds. The first kappa shape index (κ1) is 16.9. The van der Waals surface area contributed by atoms with Crippen LogP contribution < -0.4 is 5.73 Å². The van der Waals surface area contributed by atoms with Gasteiger partial charge in [-0.25, -0.2) is 0 Å². The van der Waals surface area contributed by atoms with Crippen molar-refractivity contribution in [3.8, 4) is 0 Å². The van der Waals surface area contributed by atoms with Gasteiger partial charge in [0.25, 0.3) is 0 Å². The predicted molar refractivity (Wildman–Crippen MR) is 73.1 cm³/mol. The zero-order valence-electron chi connectivity index (χ0n) is 12.0. The van der Waals surface area contributed by atoms with E-state index in [9.17, 15) is 13.2 Å². The highest BCUT2D eigenvalue weighted by atomic mass is 19.4. The van der Waals surface area contributed by atoms with Gasteiger partial charge in [-0.3, -0.25) is 9.88 Å². The number of halogens is 3. The fourth-order valence-corrected chi connectivity index (χ4v) is 2.04. The van der Waals surface area contributed by atoms with Gasteiger partial charge in [-0.2, -0.15) is 13.2 Å². The van der Waals surface area contributed by atoms with Crippen molar-refractivity contribution in [3.63, 3.8) is 0 Å². The quantitative estimate of drug-likeness (QED) is 0.839. The van der Waals surface area contributed by atoms with Crippen LogP contribution >= 0.6 is 0 Å². The molecule has 0 bridgehead atoms. The Morgan fingerprint density at radius 3 is 2.45 bits per heavy atom. The molecule has 3 nitrogen and oxygen atoms in total. The molecule has 2 N–H and O–H groups in total. The van der Waals surface area contributed by atoms with E-state index in [2.05, 4.69) is 4.98 Å². The van der Waals surface area contributed by atoms with Gasteiger partial charge in [-0.15, -0.1) is 0 Å². The Bertz CT molecular complexity index is 394. The van der Waals surface area contributed by atoms with Crippen LogP contribution in [0.15, 0.2) is 24.4 Å². The first-order valence-corrected chi connectivity index (χ1v) is 6.65. The summed E-state index contributed by atoms with van der Waals surface area (Å²) >= 11 is 0. The van der Waals surface area contributed by atoms with Gasteiger partial charge in [0.2, 0.25) is 0 Å². The zero-order chi connectivity index (χ0) is 15.2.